The molecular weight excluding hydrogens is 396 g/mol. The average molecular weight is 415 g/mol. The SMILES string of the molecule is CC(F)(F)c1ccc(Cn2cnc(N3CC=C(c4ccccn4)CC3)nc2=O)s1. The molecule has 0 fully saturated rings. The minimum Gasteiger partial charge on any atom is -0.337 e. The van der Waals surface area contributed by atoms with Crippen molar-refractivity contribution in [3.63, 3.8) is 0 Å². The van der Waals surface area contributed by atoms with Gasteiger partial charge >= 0.3 is 5.69 Å². The number of hydrogen-bond donors (Lipinski definition) is 0. The van der Waals surface area contributed by atoms with E-state index in [0.717, 1.165) is 35.9 Å². The third-order valence-electron chi connectivity index (χ3n) is 4.66. The van der Waals surface area contributed by atoms with Crippen LogP contribution in [0.4, 0.5) is 14.7 Å². The van der Waals surface area contributed by atoms with Gasteiger partial charge in [0.15, 0.2) is 0 Å². The van der Waals surface area contributed by atoms with Crippen molar-refractivity contribution in [1.29, 1.82) is 0 Å². The highest BCUT2D eigenvalue weighted by molar-refractivity contribution is 7.12. The predicted molar refractivity (Wildman–Crippen MR) is 108 cm³/mol. The van der Waals surface area contributed by atoms with Gasteiger partial charge in [0.05, 0.1) is 17.1 Å². The molecule has 0 amide bonds. The zero-order chi connectivity index (χ0) is 20.4. The molecule has 4 rings (SSSR count). The Bertz CT molecular complexity index is 1090. The quantitative estimate of drug-likeness (QED) is 0.638. The first-order chi connectivity index (χ1) is 13.9. The molecule has 0 saturated heterocycles. The maximum Gasteiger partial charge on any atom is 0.352 e. The fourth-order valence-corrected chi connectivity index (χ4v) is 4.05. The topological polar surface area (TPSA) is 63.9 Å². The Morgan fingerprint density at radius 1 is 1.21 bits per heavy atom. The van der Waals surface area contributed by atoms with Crippen molar-refractivity contribution in [3.05, 3.63) is 74.9 Å². The van der Waals surface area contributed by atoms with Gasteiger partial charge in [-0.2, -0.15) is 4.98 Å². The van der Waals surface area contributed by atoms with Crippen LogP contribution in [0, 0.1) is 0 Å². The summed E-state index contributed by atoms with van der Waals surface area (Å²) in [4.78, 5) is 27.7. The molecule has 0 unspecified atom stereocenters. The lowest BCUT2D eigenvalue weighted by Gasteiger charge is -2.26. The Kier molecular flexibility index (Phi) is 5.23. The highest BCUT2D eigenvalue weighted by atomic mass is 32.1. The van der Waals surface area contributed by atoms with Crippen LogP contribution in [0.15, 0.2) is 53.7 Å². The van der Waals surface area contributed by atoms with Crippen LogP contribution in [0.25, 0.3) is 5.57 Å². The molecular formula is C20H19F2N5OS. The third-order valence-corrected chi connectivity index (χ3v) is 5.90. The molecule has 9 heteroatoms. The van der Waals surface area contributed by atoms with E-state index in [2.05, 4.69) is 21.0 Å². The van der Waals surface area contributed by atoms with E-state index >= 15 is 0 Å². The van der Waals surface area contributed by atoms with Crippen molar-refractivity contribution >= 4 is 22.9 Å². The smallest absolute Gasteiger partial charge is 0.337 e. The molecule has 0 radical (unpaired) electrons. The summed E-state index contributed by atoms with van der Waals surface area (Å²) in [6.45, 7) is 2.31. The number of thiophene rings is 1. The Labute approximate surface area is 170 Å². The number of hydrogen-bond acceptors (Lipinski definition) is 6. The van der Waals surface area contributed by atoms with Gasteiger partial charge in [-0.1, -0.05) is 12.1 Å². The first-order valence-electron chi connectivity index (χ1n) is 9.16. The van der Waals surface area contributed by atoms with Gasteiger partial charge in [-0.15, -0.1) is 11.3 Å². The van der Waals surface area contributed by atoms with Gasteiger partial charge in [-0.25, -0.2) is 18.6 Å². The summed E-state index contributed by atoms with van der Waals surface area (Å²) >= 11 is 0.984. The van der Waals surface area contributed by atoms with Gasteiger partial charge in [0, 0.05) is 31.1 Å². The van der Waals surface area contributed by atoms with E-state index in [4.69, 9.17) is 0 Å². The molecule has 0 atom stereocenters. The number of pyridine rings is 1. The maximum absolute atomic E-state index is 13.4. The molecule has 0 N–H and O–H groups in total. The normalized spacial score (nSPS) is 14.7. The summed E-state index contributed by atoms with van der Waals surface area (Å²) in [7, 11) is 0. The van der Waals surface area contributed by atoms with E-state index in [0.29, 0.717) is 23.9 Å². The van der Waals surface area contributed by atoms with Crippen LogP contribution in [-0.2, 0) is 12.5 Å². The van der Waals surface area contributed by atoms with E-state index in [1.54, 1.807) is 12.3 Å². The fraction of sp³-hybridized carbons (Fsp3) is 0.300. The number of rotatable bonds is 5. The summed E-state index contributed by atoms with van der Waals surface area (Å²) in [6.07, 6.45) is 6.04. The van der Waals surface area contributed by atoms with Gasteiger partial charge in [0.1, 0.15) is 6.33 Å². The molecule has 29 heavy (non-hydrogen) atoms. The van der Waals surface area contributed by atoms with Gasteiger partial charge in [0.25, 0.3) is 5.92 Å². The molecule has 0 aliphatic carbocycles. The molecule has 1 aliphatic rings. The Morgan fingerprint density at radius 3 is 2.69 bits per heavy atom. The summed E-state index contributed by atoms with van der Waals surface area (Å²) < 4.78 is 28.1. The number of aromatic nitrogens is 4. The lowest BCUT2D eigenvalue weighted by Crippen LogP contribution is -2.34. The molecule has 0 bridgehead atoms. The van der Waals surface area contributed by atoms with Crippen molar-refractivity contribution in [1.82, 2.24) is 19.5 Å². The number of alkyl halides is 2. The molecule has 3 aromatic heterocycles. The van der Waals surface area contributed by atoms with Crippen molar-refractivity contribution in [2.45, 2.75) is 25.8 Å². The second-order valence-corrected chi connectivity index (χ2v) is 8.03. The van der Waals surface area contributed by atoms with E-state index < -0.39 is 11.6 Å². The predicted octanol–water partition coefficient (Wildman–Crippen LogP) is 3.55. The molecule has 6 nitrogen and oxygen atoms in total. The molecule has 4 heterocycles. The number of halogens is 2. The van der Waals surface area contributed by atoms with E-state index in [1.165, 1.54) is 17.0 Å². The zero-order valence-corrected chi connectivity index (χ0v) is 16.6. The summed E-state index contributed by atoms with van der Waals surface area (Å²) in [5, 5.41) is 0. The van der Waals surface area contributed by atoms with Crippen molar-refractivity contribution in [3.8, 4) is 0 Å². The van der Waals surface area contributed by atoms with Crippen LogP contribution < -0.4 is 10.6 Å². The second kappa shape index (κ2) is 7.82. The average Bonchev–Trinajstić information content (AvgIpc) is 3.20. The van der Waals surface area contributed by atoms with Crippen LogP contribution in [0.2, 0.25) is 0 Å². The Morgan fingerprint density at radius 2 is 2.07 bits per heavy atom. The largest absolute Gasteiger partial charge is 0.352 e. The van der Waals surface area contributed by atoms with Crippen LogP contribution in [0.5, 0.6) is 0 Å². The molecule has 1 aliphatic heterocycles. The maximum atomic E-state index is 13.4. The summed E-state index contributed by atoms with van der Waals surface area (Å²) in [5.41, 5.74) is 1.67. The Balaban J connectivity index is 1.46. The van der Waals surface area contributed by atoms with Crippen molar-refractivity contribution < 1.29 is 8.78 Å². The van der Waals surface area contributed by atoms with Crippen LogP contribution >= 0.6 is 11.3 Å². The van der Waals surface area contributed by atoms with Gasteiger partial charge in [-0.05, 0) is 36.3 Å². The monoisotopic (exact) mass is 415 g/mol. The summed E-state index contributed by atoms with van der Waals surface area (Å²) in [5.74, 6) is -2.51. The minimum atomic E-state index is -2.88. The first kappa shape index (κ1) is 19.4. The molecule has 3 aromatic rings. The van der Waals surface area contributed by atoms with E-state index in [9.17, 15) is 13.6 Å². The number of nitrogens with zero attached hydrogens (tertiary/aromatic N) is 5. The third kappa shape index (κ3) is 4.40. The summed E-state index contributed by atoms with van der Waals surface area (Å²) in [6, 6.07) is 8.80. The molecule has 150 valence electrons. The number of anilines is 1. The lowest BCUT2D eigenvalue weighted by atomic mass is 10.0. The van der Waals surface area contributed by atoms with Crippen LogP contribution in [0.3, 0.4) is 0 Å². The molecule has 0 saturated carbocycles. The van der Waals surface area contributed by atoms with Gasteiger partial charge < -0.3 is 4.90 Å². The van der Waals surface area contributed by atoms with Crippen LogP contribution in [0.1, 0.15) is 28.8 Å². The standard InChI is InChI=1S/C20H19F2N5OS/c1-20(21,22)17-6-5-15(29-17)12-27-13-24-18(25-19(27)28)26-10-7-14(8-11-26)16-4-2-3-9-23-16/h2-7,9,13H,8,10-12H2,1H3. The zero-order valence-electron chi connectivity index (χ0n) is 15.8. The molecule has 0 spiro atoms. The first-order valence-corrected chi connectivity index (χ1v) is 9.98. The minimum absolute atomic E-state index is 0.0260. The lowest BCUT2D eigenvalue weighted by molar-refractivity contribution is 0.0215. The van der Waals surface area contributed by atoms with Crippen molar-refractivity contribution in [2.24, 2.45) is 0 Å². The highest BCUT2D eigenvalue weighted by Crippen LogP contribution is 2.33. The van der Waals surface area contributed by atoms with Crippen molar-refractivity contribution in [2.75, 3.05) is 18.0 Å². The fourth-order valence-electron chi connectivity index (χ4n) is 3.11. The second-order valence-electron chi connectivity index (χ2n) is 6.86. The van der Waals surface area contributed by atoms with Gasteiger partial charge in [0.2, 0.25) is 5.95 Å². The van der Waals surface area contributed by atoms with E-state index in [1.807, 2.05) is 23.1 Å². The Hall–Kier alpha value is -2.94. The highest BCUT2D eigenvalue weighted by Gasteiger charge is 2.26. The van der Waals surface area contributed by atoms with Crippen LogP contribution in [-0.4, -0.2) is 32.6 Å². The van der Waals surface area contributed by atoms with E-state index in [-0.39, 0.29) is 11.4 Å². The van der Waals surface area contributed by atoms with Gasteiger partial charge in [-0.3, -0.25) is 9.55 Å². The molecule has 0 aromatic carbocycles.